The molecule has 5 heteroatoms. The number of carbonyl (C=O) groups excluding carboxylic acids is 1. The minimum Gasteiger partial charge on any atom is -0.465 e. The van der Waals surface area contributed by atoms with Crippen molar-refractivity contribution >= 4 is 29.3 Å². The number of halogens is 1. The van der Waals surface area contributed by atoms with Gasteiger partial charge in [0.25, 0.3) is 0 Å². The van der Waals surface area contributed by atoms with Crippen molar-refractivity contribution in [3.8, 4) is 0 Å². The third-order valence-electron chi connectivity index (χ3n) is 2.94. The molecule has 0 aromatic heterocycles. The van der Waals surface area contributed by atoms with Crippen molar-refractivity contribution in [2.75, 3.05) is 12.9 Å². The number of hydrogen-bond donors (Lipinski definition) is 1. The van der Waals surface area contributed by atoms with Gasteiger partial charge in [0.2, 0.25) is 0 Å². The standard InChI is InChI=1S/C16H15ClO3S/c1-20-16(19)13-8-7-12(9-14(13)17)21-10-15(18)11-5-3-2-4-6-11/h2-9,15,18H,10H2,1H3. The van der Waals surface area contributed by atoms with Crippen molar-refractivity contribution < 1.29 is 14.6 Å². The summed E-state index contributed by atoms with van der Waals surface area (Å²) in [6.45, 7) is 0. The van der Waals surface area contributed by atoms with Gasteiger partial charge in [0, 0.05) is 10.6 Å². The summed E-state index contributed by atoms with van der Waals surface area (Å²) in [5, 5.41) is 10.5. The molecule has 2 aromatic rings. The molecule has 0 bridgehead atoms. The van der Waals surface area contributed by atoms with Gasteiger partial charge in [-0.3, -0.25) is 0 Å². The van der Waals surface area contributed by atoms with Crippen LogP contribution in [0.2, 0.25) is 5.02 Å². The molecule has 0 radical (unpaired) electrons. The predicted octanol–water partition coefficient (Wildman–Crippen LogP) is 3.95. The van der Waals surface area contributed by atoms with E-state index in [0.29, 0.717) is 16.3 Å². The highest BCUT2D eigenvalue weighted by atomic mass is 35.5. The van der Waals surface area contributed by atoms with E-state index in [1.165, 1.54) is 18.9 Å². The molecule has 0 saturated carbocycles. The summed E-state index contributed by atoms with van der Waals surface area (Å²) in [5.74, 6) is 0.0543. The lowest BCUT2D eigenvalue weighted by atomic mass is 10.1. The van der Waals surface area contributed by atoms with E-state index in [4.69, 9.17) is 11.6 Å². The van der Waals surface area contributed by atoms with Gasteiger partial charge in [-0.1, -0.05) is 41.9 Å². The van der Waals surface area contributed by atoms with Crippen LogP contribution in [0.1, 0.15) is 22.0 Å². The van der Waals surface area contributed by atoms with E-state index in [9.17, 15) is 9.90 Å². The van der Waals surface area contributed by atoms with Gasteiger partial charge in [-0.15, -0.1) is 11.8 Å². The van der Waals surface area contributed by atoms with E-state index in [-0.39, 0.29) is 0 Å². The van der Waals surface area contributed by atoms with Crippen LogP contribution in [-0.2, 0) is 4.74 Å². The lowest BCUT2D eigenvalue weighted by Crippen LogP contribution is -2.02. The van der Waals surface area contributed by atoms with Crippen LogP contribution < -0.4 is 0 Å². The Morgan fingerprint density at radius 3 is 2.62 bits per heavy atom. The summed E-state index contributed by atoms with van der Waals surface area (Å²) in [5.41, 5.74) is 1.22. The normalized spacial score (nSPS) is 12.0. The van der Waals surface area contributed by atoms with Crippen molar-refractivity contribution in [1.82, 2.24) is 0 Å². The van der Waals surface area contributed by atoms with E-state index in [1.54, 1.807) is 18.2 Å². The number of carbonyl (C=O) groups is 1. The molecule has 0 heterocycles. The molecule has 3 nitrogen and oxygen atoms in total. The number of ether oxygens (including phenoxy) is 1. The molecular weight excluding hydrogens is 308 g/mol. The Morgan fingerprint density at radius 2 is 2.00 bits per heavy atom. The largest absolute Gasteiger partial charge is 0.465 e. The fraction of sp³-hybridized carbons (Fsp3) is 0.188. The predicted molar refractivity (Wildman–Crippen MR) is 84.9 cm³/mol. The van der Waals surface area contributed by atoms with Gasteiger partial charge in [0.1, 0.15) is 0 Å². The number of esters is 1. The third kappa shape index (κ3) is 4.24. The first-order chi connectivity index (χ1) is 10.1. The maximum atomic E-state index is 11.4. The molecular formula is C16H15ClO3S. The topological polar surface area (TPSA) is 46.5 Å². The lowest BCUT2D eigenvalue weighted by molar-refractivity contribution is 0.0601. The van der Waals surface area contributed by atoms with Crippen LogP contribution in [0.15, 0.2) is 53.4 Å². The number of hydrogen-bond acceptors (Lipinski definition) is 4. The molecule has 2 rings (SSSR count). The Hall–Kier alpha value is -1.49. The number of aliphatic hydroxyl groups is 1. The number of methoxy groups -OCH3 is 1. The summed E-state index contributed by atoms with van der Waals surface area (Å²) in [6, 6.07) is 14.6. The summed E-state index contributed by atoms with van der Waals surface area (Å²) in [4.78, 5) is 12.3. The molecule has 0 fully saturated rings. The minimum atomic E-state index is -0.546. The number of rotatable bonds is 5. The van der Waals surface area contributed by atoms with Crippen LogP contribution in [-0.4, -0.2) is 23.9 Å². The van der Waals surface area contributed by atoms with Crippen LogP contribution >= 0.6 is 23.4 Å². The molecule has 0 saturated heterocycles. The molecule has 1 N–H and O–H groups in total. The summed E-state index contributed by atoms with van der Waals surface area (Å²) in [6.07, 6.45) is -0.546. The van der Waals surface area contributed by atoms with Crippen LogP contribution in [0.5, 0.6) is 0 Å². The Labute approximate surface area is 132 Å². The van der Waals surface area contributed by atoms with Crippen LogP contribution in [0.25, 0.3) is 0 Å². The van der Waals surface area contributed by atoms with Gasteiger partial charge in [-0.25, -0.2) is 4.79 Å². The quantitative estimate of drug-likeness (QED) is 0.668. The van der Waals surface area contributed by atoms with E-state index < -0.39 is 12.1 Å². The Kier molecular flexibility index (Phi) is 5.67. The van der Waals surface area contributed by atoms with Gasteiger partial charge in [0.05, 0.1) is 23.8 Å². The van der Waals surface area contributed by atoms with Gasteiger partial charge in [-0.2, -0.15) is 0 Å². The molecule has 1 unspecified atom stereocenters. The van der Waals surface area contributed by atoms with Gasteiger partial charge < -0.3 is 9.84 Å². The highest BCUT2D eigenvalue weighted by Crippen LogP contribution is 2.28. The fourth-order valence-corrected chi connectivity index (χ4v) is 3.04. The second kappa shape index (κ2) is 7.50. The fourth-order valence-electron chi connectivity index (χ4n) is 1.81. The molecule has 0 amide bonds. The number of thioether (sulfide) groups is 1. The van der Waals surface area contributed by atoms with Gasteiger partial charge in [-0.05, 0) is 23.8 Å². The molecule has 1 atom stereocenters. The molecule has 0 spiro atoms. The maximum absolute atomic E-state index is 11.4. The molecule has 0 aliphatic carbocycles. The SMILES string of the molecule is COC(=O)c1ccc(SCC(O)c2ccccc2)cc1Cl. The lowest BCUT2D eigenvalue weighted by Gasteiger charge is -2.11. The first-order valence-electron chi connectivity index (χ1n) is 6.35. The third-order valence-corrected chi connectivity index (χ3v) is 4.32. The van der Waals surface area contributed by atoms with Crippen molar-refractivity contribution in [2.45, 2.75) is 11.0 Å². The van der Waals surface area contributed by atoms with Crippen molar-refractivity contribution in [3.05, 3.63) is 64.7 Å². The average molecular weight is 323 g/mol. The first kappa shape index (κ1) is 15.9. The first-order valence-corrected chi connectivity index (χ1v) is 7.72. The monoisotopic (exact) mass is 322 g/mol. The van der Waals surface area contributed by atoms with Crippen molar-refractivity contribution in [1.29, 1.82) is 0 Å². The average Bonchev–Trinajstić information content (AvgIpc) is 2.52. The van der Waals surface area contributed by atoms with E-state index in [1.807, 2.05) is 30.3 Å². The van der Waals surface area contributed by atoms with Crippen LogP contribution in [0.4, 0.5) is 0 Å². The summed E-state index contributed by atoms with van der Waals surface area (Å²) < 4.78 is 4.64. The minimum absolute atomic E-state index is 0.340. The highest BCUT2D eigenvalue weighted by molar-refractivity contribution is 7.99. The van der Waals surface area contributed by atoms with E-state index in [0.717, 1.165) is 10.5 Å². The Balaban J connectivity index is 2.01. The van der Waals surface area contributed by atoms with Crippen LogP contribution in [0.3, 0.4) is 0 Å². The maximum Gasteiger partial charge on any atom is 0.339 e. The molecule has 2 aromatic carbocycles. The molecule has 110 valence electrons. The van der Waals surface area contributed by atoms with E-state index >= 15 is 0 Å². The summed E-state index contributed by atoms with van der Waals surface area (Å²) >= 11 is 7.54. The zero-order valence-corrected chi connectivity index (χ0v) is 13.0. The molecule has 21 heavy (non-hydrogen) atoms. The van der Waals surface area contributed by atoms with Crippen molar-refractivity contribution in [2.24, 2.45) is 0 Å². The Morgan fingerprint density at radius 1 is 1.29 bits per heavy atom. The highest BCUT2D eigenvalue weighted by Gasteiger charge is 2.12. The zero-order valence-electron chi connectivity index (χ0n) is 11.5. The summed E-state index contributed by atoms with van der Waals surface area (Å²) in [7, 11) is 1.32. The van der Waals surface area contributed by atoms with Crippen molar-refractivity contribution in [3.63, 3.8) is 0 Å². The van der Waals surface area contributed by atoms with E-state index in [2.05, 4.69) is 4.74 Å². The Bertz CT molecular complexity index is 616. The number of aliphatic hydroxyl groups excluding tert-OH is 1. The molecule has 0 aliphatic heterocycles. The van der Waals surface area contributed by atoms with Gasteiger partial charge in [0.15, 0.2) is 0 Å². The second-order valence-corrected chi connectivity index (χ2v) is 5.87. The smallest absolute Gasteiger partial charge is 0.339 e. The van der Waals surface area contributed by atoms with Crippen LogP contribution in [0, 0.1) is 0 Å². The second-order valence-electron chi connectivity index (χ2n) is 4.37. The zero-order chi connectivity index (χ0) is 15.2. The number of benzene rings is 2. The van der Waals surface area contributed by atoms with Gasteiger partial charge >= 0.3 is 5.97 Å². The molecule has 0 aliphatic rings.